The second-order valence-electron chi connectivity index (χ2n) is 2.91. The Morgan fingerprint density at radius 2 is 2.00 bits per heavy atom. The molecule has 0 saturated carbocycles. The molecule has 2 unspecified atom stereocenters. The molecule has 2 atom stereocenters. The largest absolute Gasteiger partial charge is 0.306 e. The fourth-order valence-electron chi connectivity index (χ4n) is 0.934. The van der Waals surface area contributed by atoms with Gasteiger partial charge in [-0.25, -0.2) is 0 Å². The molecular formula is C8H17NO. The molecule has 0 aromatic rings. The first kappa shape index (κ1) is 9.63. The minimum atomic E-state index is 0.190. The molecule has 0 aromatic heterocycles. The van der Waals surface area contributed by atoms with Gasteiger partial charge >= 0.3 is 0 Å². The molecule has 0 rings (SSSR count). The van der Waals surface area contributed by atoms with Gasteiger partial charge in [-0.15, -0.1) is 0 Å². The van der Waals surface area contributed by atoms with E-state index in [0.717, 1.165) is 12.7 Å². The van der Waals surface area contributed by atoms with E-state index in [2.05, 4.69) is 11.8 Å². The summed E-state index contributed by atoms with van der Waals surface area (Å²) in [6, 6.07) is 0.363. The maximum atomic E-state index is 10.5. The third kappa shape index (κ3) is 2.48. The molecular weight excluding hydrogens is 126 g/mol. The van der Waals surface area contributed by atoms with Crippen molar-refractivity contribution in [1.82, 2.24) is 4.90 Å². The molecule has 0 bridgehead atoms. The summed E-state index contributed by atoms with van der Waals surface area (Å²) < 4.78 is 0. The Morgan fingerprint density at radius 1 is 1.50 bits per heavy atom. The summed E-state index contributed by atoms with van der Waals surface area (Å²) >= 11 is 0. The highest BCUT2D eigenvalue weighted by Crippen LogP contribution is 2.08. The van der Waals surface area contributed by atoms with Crippen molar-refractivity contribution in [2.75, 3.05) is 14.1 Å². The van der Waals surface area contributed by atoms with Gasteiger partial charge in [-0.2, -0.15) is 0 Å². The molecule has 0 heterocycles. The van der Waals surface area contributed by atoms with Crippen LogP contribution in [0.25, 0.3) is 0 Å². The lowest BCUT2D eigenvalue weighted by molar-refractivity contribution is -0.112. The van der Waals surface area contributed by atoms with E-state index >= 15 is 0 Å². The number of rotatable bonds is 4. The van der Waals surface area contributed by atoms with Crippen molar-refractivity contribution in [3.8, 4) is 0 Å². The van der Waals surface area contributed by atoms with Crippen molar-refractivity contribution in [3.05, 3.63) is 0 Å². The summed E-state index contributed by atoms with van der Waals surface area (Å²) in [6.45, 7) is 4.11. The van der Waals surface area contributed by atoms with E-state index < -0.39 is 0 Å². The Balaban J connectivity index is 3.87. The average Bonchev–Trinajstić information content (AvgIpc) is 1.90. The lowest BCUT2D eigenvalue weighted by Crippen LogP contribution is -2.32. The zero-order valence-corrected chi connectivity index (χ0v) is 7.29. The molecule has 0 aromatic carbocycles. The van der Waals surface area contributed by atoms with Crippen molar-refractivity contribution in [3.63, 3.8) is 0 Å². The van der Waals surface area contributed by atoms with Gasteiger partial charge in [0.25, 0.3) is 0 Å². The van der Waals surface area contributed by atoms with Crippen molar-refractivity contribution in [1.29, 1.82) is 0 Å². The SMILES string of the molecule is CCC(C=O)C(C)N(C)C. The summed E-state index contributed by atoms with van der Waals surface area (Å²) in [6.07, 6.45) is 1.98. The monoisotopic (exact) mass is 143 g/mol. The summed E-state index contributed by atoms with van der Waals surface area (Å²) in [5.74, 6) is 0.190. The number of carbonyl (C=O) groups excluding carboxylic acids is 1. The number of hydrogen-bond acceptors (Lipinski definition) is 2. The molecule has 0 radical (unpaired) electrons. The van der Waals surface area contributed by atoms with Gasteiger partial charge in [-0.05, 0) is 27.4 Å². The Hall–Kier alpha value is -0.370. The summed E-state index contributed by atoms with van der Waals surface area (Å²) in [5, 5.41) is 0. The van der Waals surface area contributed by atoms with Crippen molar-refractivity contribution < 1.29 is 4.79 Å². The van der Waals surface area contributed by atoms with E-state index in [1.807, 2.05) is 21.0 Å². The van der Waals surface area contributed by atoms with E-state index in [1.54, 1.807) is 0 Å². The number of hydrogen-bond donors (Lipinski definition) is 0. The van der Waals surface area contributed by atoms with Gasteiger partial charge in [0.1, 0.15) is 6.29 Å². The zero-order valence-electron chi connectivity index (χ0n) is 7.29. The summed E-state index contributed by atoms with van der Waals surface area (Å²) in [4.78, 5) is 12.5. The number of nitrogens with zero attached hydrogens (tertiary/aromatic N) is 1. The van der Waals surface area contributed by atoms with E-state index in [9.17, 15) is 4.79 Å². The van der Waals surface area contributed by atoms with Gasteiger partial charge in [0.05, 0.1) is 0 Å². The van der Waals surface area contributed by atoms with Crippen LogP contribution in [0.4, 0.5) is 0 Å². The molecule has 0 spiro atoms. The van der Waals surface area contributed by atoms with Crippen LogP contribution in [0.5, 0.6) is 0 Å². The van der Waals surface area contributed by atoms with Gasteiger partial charge < -0.3 is 9.69 Å². The zero-order chi connectivity index (χ0) is 8.15. The fraction of sp³-hybridized carbons (Fsp3) is 0.875. The van der Waals surface area contributed by atoms with Gasteiger partial charge in [0, 0.05) is 12.0 Å². The molecule has 10 heavy (non-hydrogen) atoms. The molecule has 0 saturated heterocycles. The highest BCUT2D eigenvalue weighted by Gasteiger charge is 2.15. The van der Waals surface area contributed by atoms with Crippen molar-refractivity contribution in [2.45, 2.75) is 26.3 Å². The first-order valence-electron chi connectivity index (χ1n) is 3.75. The Morgan fingerprint density at radius 3 is 2.10 bits per heavy atom. The summed E-state index contributed by atoms with van der Waals surface area (Å²) in [5.41, 5.74) is 0. The predicted octanol–water partition coefficient (Wildman–Crippen LogP) is 1.16. The Bertz CT molecular complexity index is 101. The molecule has 2 nitrogen and oxygen atoms in total. The second-order valence-corrected chi connectivity index (χ2v) is 2.91. The molecule has 2 heteroatoms. The molecule has 0 aliphatic rings. The Labute approximate surface area is 63.2 Å². The van der Waals surface area contributed by atoms with Crippen molar-refractivity contribution >= 4 is 6.29 Å². The van der Waals surface area contributed by atoms with Crippen LogP contribution in [-0.2, 0) is 4.79 Å². The van der Waals surface area contributed by atoms with Crippen LogP contribution in [0.15, 0.2) is 0 Å². The van der Waals surface area contributed by atoms with Crippen LogP contribution in [0.3, 0.4) is 0 Å². The molecule has 0 amide bonds. The van der Waals surface area contributed by atoms with E-state index in [-0.39, 0.29) is 5.92 Å². The third-order valence-corrected chi connectivity index (χ3v) is 2.08. The normalized spacial score (nSPS) is 16.9. The van der Waals surface area contributed by atoms with Crippen molar-refractivity contribution in [2.24, 2.45) is 5.92 Å². The van der Waals surface area contributed by atoms with E-state index in [1.165, 1.54) is 0 Å². The number of aldehydes is 1. The lowest BCUT2D eigenvalue weighted by Gasteiger charge is -2.24. The molecule has 0 fully saturated rings. The molecule has 0 N–H and O–H groups in total. The van der Waals surface area contributed by atoms with Gasteiger partial charge in [0.2, 0.25) is 0 Å². The number of carbonyl (C=O) groups is 1. The van der Waals surface area contributed by atoms with Crippen LogP contribution < -0.4 is 0 Å². The minimum Gasteiger partial charge on any atom is -0.306 e. The maximum absolute atomic E-state index is 10.5. The van der Waals surface area contributed by atoms with Crippen LogP contribution >= 0.6 is 0 Å². The first-order valence-corrected chi connectivity index (χ1v) is 3.75. The highest BCUT2D eigenvalue weighted by molar-refractivity contribution is 5.54. The van der Waals surface area contributed by atoms with Gasteiger partial charge in [-0.3, -0.25) is 0 Å². The predicted molar refractivity (Wildman–Crippen MR) is 43.0 cm³/mol. The Kier molecular flexibility index (Phi) is 4.28. The third-order valence-electron chi connectivity index (χ3n) is 2.08. The summed E-state index contributed by atoms with van der Waals surface area (Å²) in [7, 11) is 3.99. The fourth-order valence-corrected chi connectivity index (χ4v) is 0.934. The second kappa shape index (κ2) is 4.45. The lowest BCUT2D eigenvalue weighted by atomic mass is 10.00. The van der Waals surface area contributed by atoms with Crippen LogP contribution in [0.1, 0.15) is 20.3 Å². The van der Waals surface area contributed by atoms with E-state index in [0.29, 0.717) is 6.04 Å². The average molecular weight is 143 g/mol. The van der Waals surface area contributed by atoms with Gasteiger partial charge in [0.15, 0.2) is 0 Å². The van der Waals surface area contributed by atoms with E-state index in [4.69, 9.17) is 0 Å². The molecule has 0 aliphatic carbocycles. The molecule has 60 valence electrons. The smallest absolute Gasteiger partial charge is 0.124 e. The highest BCUT2D eigenvalue weighted by atomic mass is 16.1. The quantitative estimate of drug-likeness (QED) is 0.550. The standard InChI is InChI=1S/C8H17NO/c1-5-8(6-10)7(2)9(3)4/h6-8H,5H2,1-4H3. The molecule has 0 aliphatic heterocycles. The van der Waals surface area contributed by atoms with Gasteiger partial charge in [-0.1, -0.05) is 6.92 Å². The van der Waals surface area contributed by atoms with Crippen LogP contribution in [0, 0.1) is 5.92 Å². The topological polar surface area (TPSA) is 20.3 Å². The van der Waals surface area contributed by atoms with Crippen LogP contribution in [-0.4, -0.2) is 31.3 Å². The first-order chi connectivity index (χ1) is 4.63. The van der Waals surface area contributed by atoms with Crippen LogP contribution in [0.2, 0.25) is 0 Å². The minimum absolute atomic E-state index is 0.190. The maximum Gasteiger partial charge on any atom is 0.124 e.